The van der Waals surface area contributed by atoms with Crippen molar-refractivity contribution in [1.29, 1.82) is 0 Å². The molecule has 2 aliphatic rings. The van der Waals surface area contributed by atoms with E-state index in [0.29, 0.717) is 0 Å². The molecule has 0 aliphatic heterocycles. The van der Waals surface area contributed by atoms with Crippen LogP contribution in [0.2, 0.25) is 0 Å². The van der Waals surface area contributed by atoms with E-state index in [9.17, 15) is 5.11 Å². The lowest BCUT2D eigenvalue weighted by Crippen LogP contribution is -2.16. The number of hydrogen-bond acceptors (Lipinski definition) is 1. The van der Waals surface area contributed by atoms with Crippen molar-refractivity contribution < 1.29 is 5.11 Å². The van der Waals surface area contributed by atoms with E-state index in [1.54, 1.807) is 0 Å². The topological polar surface area (TPSA) is 20.2 Å². The summed E-state index contributed by atoms with van der Waals surface area (Å²) in [6.07, 6.45) is 11.9. The van der Waals surface area contributed by atoms with Gasteiger partial charge in [0, 0.05) is 0 Å². The minimum Gasteiger partial charge on any atom is -0.389 e. The van der Waals surface area contributed by atoms with Crippen molar-refractivity contribution in [3.8, 4) is 0 Å². The Morgan fingerprint density at radius 1 is 0.917 bits per heavy atom. The Hall–Kier alpha value is -0.300. The summed E-state index contributed by atoms with van der Waals surface area (Å²) in [6, 6.07) is 0. The van der Waals surface area contributed by atoms with Gasteiger partial charge in [-0.2, -0.15) is 0 Å². The first kappa shape index (κ1) is 8.31. The Labute approximate surface area is 74.5 Å². The maximum Gasteiger partial charge on any atom is 0.0721 e. The fourth-order valence-electron chi connectivity index (χ4n) is 2.60. The second-order valence-electron chi connectivity index (χ2n) is 4.24. The van der Waals surface area contributed by atoms with Gasteiger partial charge in [0.25, 0.3) is 0 Å². The smallest absolute Gasteiger partial charge is 0.0721 e. The number of hydrogen-bond donors (Lipinski definition) is 1. The summed E-state index contributed by atoms with van der Waals surface area (Å²) >= 11 is 0. The van der Waals surface area contributed by atoms with Crippen LogP contribution in [0.3, 0.4) is 0 Å². The third-order valence-electron chi connectivity index (χ3n) is 3.38. The molecule has 12 heavy (non-hydrogen) atoms. The fourth-order valence-corrected chi connectivity index (χ4v) is 2.60. The van der Waals surface area contributed by atoms with E-state index >= 15 is 0 Å². The largest absolute Gasteiger partial charge is 0.389 e. The van der Waals surface area contributed by atoms with Gasteiger partial charge in [-0.25, -0.2) is 0 Å². The van der Waals surface area contributed by atoms with Gasteiger partial charge in [0.05, 0.1) is 6.10 Å². The molecule has 0 saturated heterocycles. The van der Waals surface area contributed by atoms with Gasteiger partial charge in [-0.15, -0.1) is 0 Å². The van der Waals surface area contributed by atoms with E-state index in [1.807, 2.05) is 6.08 Å². The molecule has 0 aromatic rings. The van der Waals surface area contributed by atoms with Gasteiger partial charge in [0.1, 0.15) is 0 Å². The second kappa shape index (κ2) is 3.61. The summed E-state index contributed by atoms with van der Waals surface area (Å²) in [5, 5.41) is 9.45. The fraction of sp³-hybridized carbons (Fsp3) is 0.818. The SMILES string of the molecule is O[C@@H]1C=C[C@@H]2CCCCC2CC1. The Balaban J connectivity index is 2.03. The Kier molecular flexibility index (Phi) is 2.50. The van der Waals surface area contributed by atoms with Crippen LogP contribution in [0.15, 0.2) is 12.2 Å². The van der Waals surface area contributed by atoms with Crippen molar-refractivity contribution in [2.75, 3.05) is 0 Å². The van der Waals surface area contributed by atoms with Crippen LogP contribution in [0.25, 0.3) is 0 Å². The van der Waals surface area contributed by atoms with Crippen molar-refractivity contribution >= 4 is 0 Å². The number of allylic oxidation sites excluding steroid dienone is 1. The molecule has 1 saturated carbocycles. The van der Waals surface area contributed by atoms with E-state index in [4.69, 9.17) is 0 Å². The molecule has 0 amide bonds. The highest BCUT2D eigenvalue weighted by molar-refractivity contribution is 5.00. The van der Waals surface area contributed by atoms with E-state index in [-0.39, 0.29) is 6.10 Å². The second-order valence-corrected chi connectivity index (χ2v) is 4.24. The molecule has 2 aliphatic carbocycles. The van der Waals surface area contributed by atoms with Crippen LogP contribution in [0.4, 0.5) is 0 Å². The minimum atomic E-state index is -0.157. The zero-order chi connectivity index (χ0) is 8.39. The van der Waals surface area contributed by atoms with Crippen LogP contribution in [-0.4, -0.2) is 11.2 Å². The first-order valence-corrected chi connectivity index (χ1v) is 5.22. The standard InChI is InChI=1S/C11H18O/c12-11-7-5-9-3-1-2-4-10(9)6-8-11/h5,7,9-12H,1-4,6,8H2/t9-,10?,11+/m0/s1. The highest BCUT2D eigenvalue weighted by Crippen LogP contribution is 2.36. The molecule has 1 fully saturated rings. The lowest BCUT2D eigenvalue weighted by Gasteiger charge is -2.28. The highest BCUT2D eigenvalue weighted by atomic mass is 16.3. The lowest BCUT2D eigenvalue weighted by molar-refractivity contribution is 0.192. The van der Waals surface area contributed by atoms with E-state index in [0.717, 1.165) is 18.3 Å². The molecule has 2 rings (SSSR count). The zero-order valence-electron chi connectivity index (χ0n) is 7.58. The Morgan fingerprint density at radius 3 is 2.67 bits per heavy atom. The minimum absolute atomic E-state index is 0.157. The average molecular weight is 166 g/mol. The predicted octanol–water partition coefficient (Wildman–Crippen LogP) is 2.50. The van der Waals surface area contributed by atoms with Crippen LogP contribution < -0.4 is 0 Å². The monoisotopic (exact) mass is 166 g/mol. The van der Waals surface area contributed by atoms with Crippen molar-refractivity contribution in [3.05, 3.63) is 12.2 Å². The van der Waals surface area contributed by atoms with Crippen molar-refractivity contribution in [2.45, 2.75) is 44.6 Å². The zero-order valence-corrected chi connectivity index (χ0v) is 7.58. The first-order chi connectivity index (χ1) is 5.86. The summed E-state index contributed by atoms with van der Waals surface area (Å²) in [4.78, 5) is 0. The van der Waals surface area contributed by atoms with Gasteiger partial charge in [0.2, 0.25) is 0 Å². The van der Waals surface area contributed by atoms with Crippen LogP contribution >= 0.6 is 0 Å². The maximum absolute atomic E-state index is 9.45. The van der Waals surface area contributed by atoms with Gasteiger partial charge in [-0.05, 0) is 37.5 Å². The third-order valence-corrected chi connectivity index (χ3v) is 3.38. The van der Waals surface area contributed by atoms with E-state index < -0.39 is 0 Å². The summed E-state index contributed by atoms with van der Waals surface area (Å²) in [5.74, 6) is 1.67. The van der Waals surface area contributed by atoms with Crippen LogP contribution in [0, 0.1) is 11.8 Å². The molecule has 68 valence electrons. The molecule has 1 heteroatoms. The molecular formula is C11H18O. The highest BCUT2D eigenvalue weighted by Gasteiger charge is 2.25. The number of rotatable bonds is 0. The van der Waals surface area contributed by atoms with Crippen LogP contribution in [0.5, 0.6) is 0 Å². The molecule has 0 spiro atoms. The van der Waals surface area contributed by atoms with E-state index in [2.05, 4.69) is 6.08 Å². The molecular weight excluding hydrogens is 148 g/mol. The first-order valence-electron chi connectivity index (χ1n) is 5.22. The molecule has 0 aromatic carbocycles. The molecule has 0 radical (unpaired) electrons. The average Bonchev–Trinajstić information content (AvgIpc) is 2.29. The Bertz CT molecular complexity index is 174. The van der Waals surface area contributed by atoms with Crippen molar-refractivity contribution in [1.82, 2.24) is 0 Å². The summed E-state index contributed by atoms with van der Waals surface area (Å²) in [6.45, 7) is 0. The summed E-state index contributed by atoms with van der Waals surface area (Å²) < 4.78 is 0. The normalized spacial score (nSPS) is 41.9. The molecule has 0 heterocycles. The molecule has 1 nitrogen and oxygen atoms in total. The van der Waals surface area contributed by atoms with Gasteiger partial charge < -0.3 is 5.11 Å². The number of fused-ring (bicyclic) bond motifs is 1. The number of aliphatic hydroxyl groups excluding tert-OH is 1. The summed E-state index contributed by atoms with van der Waals surface area (Å²) in [7, 11) is 0. The van der Waals surface area contributed by atoms with E-state index in [1.165, 1.54) is 32.1 Å². The van der Waals surface area contributed by atoms with Gasteiger partial charge in [0.15, 0.2) is 0 Å². The molecule has 1 N–H and O–H groups in total. The molecule has 0 bridgehead atoms. The number of aliphatic hydroxyl groups is 1. The quantitative estimate of drug-likeness (QED) is 0.548. The van der Waals surface area contributed by atoms with Gasteiger partial charge >= 0.3 is 0 Å². The van der Waals surface area contributed by atoms with Gasteiger partial charge in [-0.3, -0.25) is 0 Å². The van der Waals surface area contributed by atoms with Crippen molar-refractivity contribution in [3.63, 3.8) is 0 Å². The summed E-state index contributed by atoms with van der Waals surface area (Å²) in [5.41, 5.74) is 0. The van der Waals surface area contributed by atoms with Crippen LogP contribution in [0.1, 0.15) is 38.5 Å². The Morgan fingerprint density at radius 2 is 1.75 bits per heavy atom. The predicted molar refractivity (Wildman–Crippen MR) is 49.8 cm³/mol. The molecule has 0 aromatic heterocycles. The lowest BCUT2D eigenvalue weighted by atomic mass is 9.78. The molecule has 3 atom stereocenters. The molecule has 1 unspecified atom stereocenters. The van der Waals surface area contributed by atoms with Crippen LogP contribution in [-0.2, 0) is 0 Å². The van der Waals surface area contributed by atoms with Gasteiger partial charge in [-0.1, -0.05) is 25.0 Å². The third kappa shape index (κ3) is 1.71. The van der Waals surface area contributed by atoms with Crippen molar-refractivity contribution in [2.24, 2.45) is 11.8 Å². The maximum atomic E-state index is 9.45.